The first-order valence-electron chi connectivity index (χ1n) is 5.91. The molecule has 106 valence electrons. The number of anilines is 1. The molecular weight excluding hydrogens is 254 g/mol. The first-order chi connectivity index (χ1) is 8.93. The van der Waals surface area contributed by atoms with Crippen molar-refractivity contribution in [1.82, 2.24) is 9.55 Å². The fraction of sp³-hybridized carbons (Fsp3) is 0.636. The van der Waals surface area contributed by atoms with Gasteiger partial charge >= 0.3 is 5.69 Å². The molecule has 1 aliphatic carbocycles. The highest BCUT2D eigenvalue weighted by molar-refractivity contribution is 5.24. The van der Waals surface area contributed by atoms with Gasteiger partial charge in [0.15, 0.2) is 0 Å². The van der Waals surface area contributed by atoms with Crippen LogP contribution in [0.4, 0.5) is 5.82 Å². The van der Waals surface area contributed by atoms with Gasteiger partial charge in [0.05, 0.1) is 18.8 Å². The minimum absolute atomic E-state index is 0.0473. The highest BCUT2D eigenvalue weighted by Crippen LogP contribution is 2.42. The van der Waals surface area contributed by atoms with Gasteiger partial charge in [-0.1, -0.05) is 0 Å². The van der Waals surface area contributed by atoms with E-state index in [4.69, 9.17) is 10.8 Å². The summed E-state index contributed by atoms with van der Waals surface area (Å²) in [5.74, 6) is -0.572. The zero-order valence-electron chi connectivity index (χ0n) is 10.2. The number of rotatable bonds is 3. The Morgan fingerprint density at radius 1 is 1.53 bits per heavy atom. The number of nitrogens with zero attached hydrogens (tertiary/aromatic N) is 2. The first-order valence-corrected chi connectivity index (χ1v) is 5.91. The molecule has 1 aliphatic rings. The van der Waals surface area contributed by atoms with Gasteiger partial charge in [-0.25, -0.2) is 4.79 Å². The molecule has 1 aromatic heterocycles. The third kappa shape index (κ3) is 2.12. The van der Waals surface area contributed by atoms with Crippen LogP contribution in [0.2, 0.25) is 0 Å². The van der Waals surface area contributed by atoms with Crippen molar-refractivity contribution in [3.8, 4) is 0 Å². The number of hydrogen-bond acceptors (Lipinski definition) is 7. The molecule has 8 heteroatoms. The molecule has 0 radical (unpaired) electrons. The summed E-state index contributed by atoms with van der Waals surface area (Å²) in [4.78, 5) is 15.3. The molecule has 1 fully saturated rings. The van der Waals surface area contributed by atoms with Crippen molar-refractivity contribution in [2.45, 2.75) is 24.2 Å². The minimum Gasteiger partial charge on any atom is -0.396 e. The predicted octanol–water partition coefficient (Wildman–Crippen LogP) is -2.54. The monoisotopic (exact) mass is 271 g/mol. The summed E-state index contributed by atoms with van der Waals surface area (Å²) in [5.41, 5.74) is 2.81. The van der Waals surface area contributed by atoms with E-state index in [1.165, 1.54) is 12.3 Å². The maximum Gasteiger partial charge on any atom is 0.349 e. The summed E-state index contributed by atoms with van der Waals surface area (Å²) < 4.78 is 1.12. The van der Waals surface area contributed by atoms with E-state index in [1.807, 2.05) is 0 Å². The summed E-state index contributed by atoms with van der Waals surface area (Å²) in [6.45, 7) is -1.08. The van der Waals surface area contributed by atoms with Crippen molar-refractivity contribution < 1.29 is 20.4 Å². The second-order valence-corrected chi connectivity index (χ2v) is 4.83. The summed E-state index contributed by atoms with van der Waals surface area (Å²) in [6.07, 6.45) is 0.180. The first kappa shape index (κ1) is 13.9. The molecule has 0 saturated heterocycles. The quantitative estimate of drug-likeness (QED) is 0.408. The van der Waals surface area contributed by atoms with Gasteiger partial charge in [0.25, 0.3) is 0 Å². The van der Waals surface area contributed by atoms with Crippen LogP contribution < -0.4 is 11.4 Å². The molecule has 6 N–H and O–H groups in total. The van der Waals surface area contributed by atoms with Crippen molar-refractivity contribution in [3.05, 3.63) is 22.7 Å². The number of hydrogen-bond donors (Lipinski definition) is 5. The molecule has 19 heavy (non-hydrogen) atoms. The Kier molecular flexibility index (Phi) is 3.59. The van der Waals surface area contributed by atoms with Gasteiger partial charge in [-0.3, -0.25) is 4.57 Å². The van der Waals surface area contributed by atoms with Crippen LogP contribution in [0.3, 0.4) is 0 Å². The average Bonchev–Trinajstić information content (AvgIpc) is 2.63. The van der Waals surface area contributed by atoms with E-state index >= 15 is 0 Å². The van der Waals surface area contributed by atoms with Crippen molar-refractivity contribution in [2.24, 2.45) is 5.92 Å². The zero-order chi connectivity index (χ0) is 14.2. The molecule has 2 rings (SSSR count). The molecule has 1 heterocycles. The lowest BCUT2D eigenvalue weighted by atomic mass is 9.95. The number of aliphatic hydroxyl groups is 4. The zero-order valence-corrected chi connectivity index (χ0v) is 10.2. The fourth-order valence-electron chi connectivity index (χ4n) is 2.62. The highest BCUT2D eigenvalue weighted by atomic mass is 16.4. The predicted molar refractivity (Wildman–Crippen MR) is 65.2 cm³/mol. The number of aromatic nitrogens is 2. The van der Waals surface area contributed by atoms with E-state index in [0.717, 1.165) is 4.57 Å². The van der Waals surface area contributed by atoms with Crippen molar-refractivity contribution in [3.63, 3.8) is 0 Å². The molecule has 0 bridgehead atoms. The van der Waals surface area contributed by atoms with E-state index < -0.39 is 36.0 Å². The highest BCUT2D eigenvalue weighted by Gasteiger charge is 2.54. The lowest BCUT2D eigenvalue weighted by Gasteiger charge is -2.32. The van der Waals surface area contributed by atoms with E-state index in [2.05, 4.69) is 4.98 Å². The van der Waals surface area contributed by atoms with Gasteiger partial charge in [0.2, 0.25) is 0 Å². The van der Waals surface area contributed by atoms with Crippen LogP contribution in [0.15, 0.2) is 17.1 Å². The SMILES string of the molecule is Nc1ccn([C@@H]2C[C@H](CO)[C@@H](O)[C@]2(O)CO)c(=O)n1. The fourth-order valence-corrected chi connectivity index (χ4v) is 2.62. The van der Waals surface area contributed by atoms with Gasteiger partial charge in [-0.2, -0.15) is 4.98 Å². The molecule has 0 aliphatic heterocycles. The molecule has 1 saturated carbocycles. The summed E-state index contributed by atoms with van der Waals surface area (Å²) in [7, 11) is 0. The Hall–Kier alpha value is -1.48. The van der Waals surface area contributed by atoms with Crippen LogP contribution in [-0.2, 0) is 0 Å². The lowest BCUT2D eigenvalue weighted by molar-refractivity contribution is -0.119. The van der Waals surface area contributed by atoms with Gasteiger partial charge in [0, 0.05) is 18.7 Å². The molecule has 0 unspecified atom stereocenters. The molecular formula is C11H17N3O5. The summed E-state index contributed by atoms with van der Waals surface area (Å²) in [5, 5.41) is 38.8. The molecule has 8 nitrogen and oxygen atoms in total. The Labute approximate surface area is 108 Å². The van der Waals surface area contributed by atoms with Crippen LogP contribution >= 0.6 is 0 Å². The summed E-state index contributed by atoms with van der Waals surface area (Å²) in [6, 6.07) is 0.517. The maximum absolute atomic E-state index is 11.8. The van der Waals surface area contributed by atoms with Gasteiger partial charge in [-0.15, -0.1) is 0 Å². The Morgan fingerprint density at radius 2 is 2.21 bits per heavy atom. The van der Waals surface area contributed by atoms with Gasteiger partial charge in [0.1, 0.15) is 11.4 Å². The van der Waals surface area contributed by atoms with E-state index in [0.29, 0.717) is 0 Å². The molecule has 0 amide bonds. The number of nitrogen functional groups attached to an aromatic ring is 1. The number of aliphatic hydroxyl groups excluding tert-OH is 3. The Balaban J connectivity index is 2.45. The third-order valence-corrected chi connectivity index (χ3v) is 3.74. The van der Waals surface area contributed by atoms with Crippen LogP contribution in [-0.4, -0.2) is 54.9 Å². The third-order valence-electron chi connectivity index (χ3n) is 3.74. The van der Waals surface area contributed by atoms with Crippen molar-refractivity contribution in [1.29, 1.82) is 0 Å². The largest absolute Gasteiger partial charge is 0.396 e. The second kappa shape index (κ2) is 4.89. The van der Waals surface area contributed by atoms with Crippen LogP contribution in [0.25, 0.3) is 0 Å². The average molecular weight is 271 g/mol. The molecule has 0 spiro atoms. The van der Waals surface area contributed by atoms with Crippen LogP contribution in [0.1, 0.15) is 12.5 Å². The van der Waals surface area contributed by atoms with Crippen molar-refractivity contribution >= 4 is 5.82 Å². The second-order valence-electron chi connectivity index (χ2n) is 4.83. The van der Waals surface area contributed by atoms with Crippen LogP contribution in [0, 0.1) is 5.92 Å². The van der Waals surface area contributed by atoms with Gasteiger partial charge in [-0.05, 0) is 12.5 Å². The Morgan fingerprint density at radius 3 is 2.74 bits per heavy atom. The smallest absolute Gasteiger partial charge is 0.349 e. The number of nitrogens with two attached hydrogens (primary N) is 1. The maximum atomic E-state index is 11.8. The standard InChI is InChI=1S/C11H17N3O5/c12-8-1-2-14(10(18)13-8)7-3-6(4-15)9(17)11(7,19)5-16/h1-2,6-7,9,15-17,19H,3-5H2,(H2,12,13,18)/t6-,7-,9-,11+/m1/s1. The van der Waals surface area contributed by atoms with Crippen molar-refractivity contribution in [2.75, 3.05) is 18.9 Å². The normalized spacial score (nSPS) is 34.6. The van der Waals surface area contributed by atoms with E-state index in [1.54, 1.807) is 0 Å². The Bertz CT molecular complexity index is 519. The minimum atomic E-state index is -1.89. The van der Waals surface area contributed by atoms with Gasteiger partial charge < -0.3 is 26.2 Å². The molecule has 0 aromatic carbocycles. The van der Waals surface area contributed by atoms with E-state index in [9.17, 15) is 20.1 Å². The topological polar surface area (TPSA) is 142 Å². The molecule has 4 atom stereocenters. The molecule has 1 aromatic rings. The lowest BCUT2D eigenvalue weighted by Crippen LogP contribution is -2.50. The van der Waals surface area contributed by atoms with Crippen LogP contribution in [0.5, 0.6) is 0 Å². The summed E-state index contributed by atoms with van der Waals surface area (Å²) >= 11 is 0. The van der Waals surface area contributed by atoms with E-state index in [-0.39, 0.29) is 18.8 Å².